The third-order valence-electron chi connectivity index (χ3n) is 3.59. The average Bonchev–Trinajstić information content (AvgIpc) is 2.99. The molecule has 0 aliphatic heterocycles. The second kappa shape index (κ2) is 3.28. The van der Waals surface area contributed by atoms with Crippen molar-refractivity contribution < 1.29 is 14.3 Å². The van der Waals surface area contributed by atoms with E-state index >= 15 is 0 Å². The summed E-state index contributed by atoms with van der Waals surface area (Å²) >= 11 is 0. The van der Waals surface area contributed by atoms with Crippen molar-refractivity contribution in [2.75, 3.05) is 0 Å². The Bertz CT molecular complexity index is 421. The minimum absolute atomic E-state index is 0.325. The van der Waals surface area contributed by atoms with Crippen molar-refractivity contribution in [2.24, 2.45) is 5.73 Å². The van der Waals surface area contributed by atoms with Crippen molar-refractivity contribution in [2.45, 2.75) is 30.7 Å². The van der Waals surface area contributed by atoms with E-state index < -0.39 is 16.9 Å². The van der Waals surface area contributed by atoms with Crippen LogP contribution in [0.25, 0.3) is 0 Å². The van der Waals surface area contributed by atoms with Crippen LogP contribution in [0.5, 0.6) is 0 Å². The number of carboxylic acid groups (broad SMARTS) is 1. The molecule has 0 bridgehead atoms. The number of hydrogen-bond acceptors (Lipinski definition) is 2. The highest BCUT2D eigenvalue weighted by Crippen LogP contribution is 2.54. The van der Waals surface area contributed by atoms with Crippen LogP contribution in [0.4, 0.5) is 4.39 Å². The molecule has 16 heavy (non-hydrogen) atoms. The number of carboxylic acids is 1. The molecule has 2 rings (SSSR count). The highest BCUT2D eigenvalue weighted by Gasteiger charge is 2.60. The Balaban J connectivity index is 2.40. The summed E-state index contributed by atoms with van der Waals surface area (Å²) in [6, 6.07) is 5.92. The molecular formula is C12H14FNO2. The van der Waals surface area contributed by atoms with Crippen molar-refractivity contribution in [1.29, 1.82) is 0 Å². The molecule has 1 saturated carbocycles. The Hall–Kier alpha value is -1.42. The molecule has 1 aromatic rings. The standard InChI is InChI=1S/C12H14FNO2/c1-11(14,10(15)16)12(6-7-12)8-2-4-9(13)5-3-8/h2-5H,6-7,14H2,1H3,(H,15,16). The van der Waals surface area contributed by atoms with Gasteiger partial charge in [-0.1, -0.05) is 12.1 Å². The Morgan fingerprint density at radius 3 is 2.31 bits per heavy atom. The first kappa shape index (κ1) is 11.1. The van der Waals surface area contributed by atoms with Gasteiger partial charge in [0.05, 0.1) is 0 Å². The summed E-state index contributed by atoms with van der Waals surface area (Å²) in [5.74, 6) is -1.34. The predicted octanol–water partition coefficient (Wildman–Crippen LogP) is 1.66. The molecular weight excluding hydrogens is 209 g/mol. The Morgan fingerprint density at radius 2 is 1.94 bits per heavy atom. The van der Waals surface area contributed by atoms with Crippen molar-refractivity contribution in [3.63, 3.8) is 0 Å². The highest BCUT2D eigenvalue weighted by atomic mass is 19.1. The molecule has 1 fully saturated rings. The monoisotopic (exact) mass is 223 g/mol. The largest absolute Gasteiger partial charge is 0.480 e. The summed E-state index contributed by atoms with van der Waals surface area (Å²) in [5.41, 5.74) is 4.85. The summed E-state index contributed by atoms with van der Waals surface area (Å²) in [5, 5.41) is 9.13. The van der Waals surface area contributed by atoms with Gasteiger partial charge >= 0.3 is 5.97 Å². The second-order valence-corrected chi connectivity index (χ2v) is 4.60. The first-order valence-corrected chi connectivity index (χ1v) is 5.18. The third-order valence-corrected chi connectivity index (χ3v) is 3.59. The summed E-state index contributed by atoms with van der Waals surface area (Å²) in [4.78, 5) is 11.1. The van der Waals surface area contributed by atoms with Gasteiger partial charge in [0.25, 0.3) is 0 Å². The van der Waals surface area contributed by atoms with Crippen LogP contribution in [0, 0.1) is 5.82 Å². The zero-order chi connectivity index (χ0) is 12.0. The first-order chi connectivity index (χ1) is 7.40. The summed E-state index contributed by atoms with van der Waals surface area (Å²) < 4.78 is 12.8. The van der Waals surface area contributed by atoms with E-state index in [2.05, 4.69) is 0 Å². The van der Waals surface area contributed by atoms with Crippen molar-refractivity contribution >= 4 is 5.97 Å². The van der Waals surface area contributed by atoms with E-state index in [0.717, 1.165) is 18.4 Å². The molecule has 1 aliphatic carbocycles. The summed E-state index contributed by atoms with van der Waals surface area (Å²) in [6.07, 6.45) is 1.47. The van der Waals surface area contributed by atoms with E-state index in [1.807, 2.05) is 0 Å². The Kier molecular flexibility index (Phi) is 2.27. The predicted molar refractivity (Wildman–Crippen MR) is 57.5 cm³/mol. The van der Waals surface area contributed by atoms with E-state index in [-0.39, 0.29) is 5.82 Å². The van der Waals surface area contributed by atoms with Crippen LogP contribution in [-0.2, 0) is 10.2 Å². The molecule has 3 N–H and O–H groups in total. The number of benzene rings is 1. The van der Waals surface area contributed by atoms with E-state index in [1.165, 1.54) is 19.1 Å². The SMILES string of the molecule is CC(N)(C(=O)O)C1(c2ccc(F)cc2)CC1. The lowest BCUT2D eigenvalue weighted by Crippen LogP contribution is -2.54. The van der Waals surface area contributed by atoms with Gasteiger partial charge in [-0.05, 0) is 37.5 Å². The van der Waals surface area contributed by atoms with E-state index in [9.17, 15) is 9.18 Å². The number of carbonyl (C=O) groups is 1. The molecule has 86 valence electrons. The summed E-state index contributed by atoms with van der Waals surface area (Å²) in [7, 11) is 0. The fraction of sp³-hybridized carbons (Fsp3) is 0.417. The van der Waals surface area contributed by atoms with Gasteiger partial charge in [-0.25, -0.2) is 4.39 Å². The van der Waals surface area contributed by atoms with E-state index in [0.29, 0.717) is 0 Å². The van der Waals surface area contributed by atoms with Crippen molar-refractivity contribution in [3.05, 3.63) is 35.6 Å². The van der Waals surface area contributed by atoms with Crippen LogP contribution in [-0.4, -0.2) is 16.6 Å². The lowest BCUT2D eigenvalue weighted by molar-refractivity contribution is -0.144. The van der Waals surface area contributed by atoms with Gasteiger partial charge in [0.1, 0.15) is 11.4 Å². The maximum Gasteiger partial charge on any atom is 0.324 e. The molecule has 1 aliphatic rings. The minimum atomic E-state index is -1.30. The highest BCUT2D eigenvalue weighted by molar-refractivity contribution is 5.81. The number of rotatable bonds is 3. The molecule has 0 amide bonds. The van der Waals surface area contributed by atoms with Gasteiger partial charge in [0, 0.05) is 5.41 Å². The van der Waals surface area contributed by atoms with Crippen LogP contribution in [0.1, 0.15) is 25.3 Å². The molecule has 1 aromatic carbocycles. The van der Waals surface area contributed by atoms with Crippen LogP contribution in [0.3, 0.4) is 0 Å². The number of aliphatic carboxylic acids is 1. The lowest BCUT2D eigenvalue weighted by atomic mass is 9.78. The van der Waals surface area contributed by atoms with Crippen LogP contribution < -0.4 is 5.73 Å². The van der Waals surface area contributed by atoms with Gasteiger partial charge in [0.15, 0.2) is 0 Å². The lowest BCUT2D eigenvalue weighted by Gasteiger charge is -2.30. The normalized spacial score (nSPS) is 21.2. The zero-order valence-corrected chi connectivity index (χ0v) is 9.03. The molecule has 0 spiro atoms. The number of nitrogens with two attached hydrogens (primary N) is 1. The van der Waals surface area contributed by atoms with Gasteiger partial charge < -0.3 is 10.8 Å². The van der Waals surface area contributed by atoms with E-state index in [1.54, 1.807) is 12.1 Å². The van der Waals surface area contributed by atoms with E-state index in [4.69, 9.17) is 10.8 Å². The van der Waals surface area contributed by atoms with Gasteiger partial charge in [0.2, 0.25) is 0 Å². The number of halogens is 1. The molecule has 0 saturated heterocycles. The van der Waals surface area contributed by atoms with Gasteiger partial charge in [-0.2, -0.15) is 0 Å². The maximum atomic E-state index is 12.8. The first-order valence-electron chi connectivity index (χ1n) is 5.18. The topological polar surface area (TPSA) is 63.3 Å². The third kappa shape index (κ3) is 1.41. The average molecular weight is 223 g/mol. The van der Waals surface area contributed by atoms with Gasteiger partial charge in [-0.15, -0.1) is 0 Å². The fourth-order valence-electron chi connectivity index (χ4n) is 2.21. The molecule has 4 heteroatoms. The molecule has 3 nitrogen and oxygen atoms in total. The maximum absolute atomic E-state index is 12.8. The van der Waals surface area contributed by atoms with Crippen molar-refractivity contribution in [1.82, 2.24) is 0 Å². The quantitative estimate of drug-likeness (QED) is 0.819. The van der Waals surface area contributed by atoms with Crippen LogP contribution in [0.2, 0.25) is 0 Å². The Morgan fingerprint density at radius 1 is 1.44 bits per heavy atom. The van der Waals surface area contributed by atoms with Crippen LogP contribution in [0.15, 0.2) is 24.3 Å². The second-order valence-electron chi connectivity index (χ2n) is 4.60. The Labute approximate surface area is 93.1 Å². The fourth-order valence-corrected chi connectivity index (χ4v) is 2.21. The van der Waals surface area contributed by atoms with Crippen molar-refractivity contribution in [3.8, 4) is 0 Å². The molecule has 0 heterocycles. The smallest absolute Gasteiger partial charge is 0.324 e. The molecule has 1 unspecified atom stereocenters. The molecule has 1 atom stereocenters. The minimum Gasteiger partial charge on any atom is -0.480 e. The molecule has 0 radical (unpaired) electrons. The summed E-state index contributed by atoms with van der Waals surface area (Å²) in [6.45, 7) is 1.52. The van der Waals surface area contributed by atoms with Crippen LogP contribution >= 0.6 is 0 Å². The zero-order valence-electron chi connectivity index (χ0n) is 9.03. The van der Waals surface area contributed by atoms with Gasteiger partial charge in [-0.3, -0.25) is 4.79 Å². The number of hydrogen-bond donors (Lipinski definition) is 2. The molecule has 0 aromatic heterocycles.